The summed E-state index contributed by atoms with van der Waals surface area (Å²) in [5.74, 6) is -0.338. The highest BCUT2D eigenvalue weighted by Gasteiger charge is 2.36. The fraction of sp³-hybridized carbons (Fsp3) is 0.571. The average molecular weight is 285 g/mol. The molecule has 5 heteroatoms. The Morgan fingerprint density at radius 2 is 2.05 bits per heavy atom. The van der Waals surface area contributed by atoms with E-state index in [1.165, 1.54) is 12.1 Å². The molecule has 0 radical (unpaired) electrons. The number of hydrogen-bond donors (Lipinski definition) is 1. The van der Waals surface area contributed by atoms with Crippen molar-refractivity contribution >= 4 is 11.6 Å². The molecule has 19 heavy (non-hydrogen) atoms. The van der Waals surface area contributed by atoms with Gasteiger partial charge in [-0.3, -0.25) is 9.80 Å². The van der Waals surface area contributed by atoms with Gasteiger partial charge in [-0.15, -0.1) is 0 Å². The lowest BCUT2D eigenvalue weighted by molar-refractivity contribution is -0.0453. The lowest BCUT2D eigenvalue weighted by Gasteiger charge is -2.49. The number of halogens is 2. The SMILES string of the molecule is OC(Cc1ccc(F)cc1Cl)C1CN2CCN1CC2. The van der Waals surface area contributed by atoms with Crippen LogP contribution in [0.1, 0.15) is 5.56 Å². The van der Waals surface area contributed by atoms with E-state index in [9.17, 15) is 9.50 Å². The number of fused-ring (bicyclic) bond motifs is 3. The van der Waals surface area contributed by atoms with Crippen LogP contribution in [0.15, 0.2) is 18.2 Å². The first-order valence-corrected chi connectivity index (χ1v) is 7.09. The van der Waals surface area contributed by atoms with Crippen LogP contribution in [-0.4, -0.2) is 59.8 Å². The van der Waals surface area contributed by atoms with E-state index in [1.807, 2.05) is 0 Å². The van der Waals surface area contributed by atoms with Gasteiger partial charge in [0.15, 0.2) is 0 Å². The third kappa shape index (κ3) is 2.77. The minimum atomic E-state index is -0.453. The molecule has 1 aromatic carbocycles. The van der Waals surface area contributed by atoms with Gasteiger partial charge in [0.2, 0.25) is 0 Å². The van der Waals surface area contributed by atoms with E-state index in [0.717, 1.165) is 38.3 Å². The highest BCUT2D eigenvalue weighted by Crippen LogP contribution is 2.23. The quantitative estimate of drug-likeness (QED) is 0.909. The van der Waals surface area contributed by atoms with Crippen molar-refractivity contribution in [2.24, 2.45) is 0 Å². The number of hydrogen-bond acceptors (Lipinski definition) is 3. The van der Waals surface area contributed by atoms with Gasteiger partial charge in [0.05, 0.1) is 6.10 Å². The Hall–Kier alpha value is -0.680. The molecule has 2 atom stereocenters. The van der Waals surface area contributed by atoms with Crippen molar-refractivity contribution in [2.75, 3.05) is 32.7 Å². The average Bonchev–Trinajstić information content (AvgIpc) is 2.43. The Balaban J connectivity index is 1.69. The summed E-state index contributed by atoms with van der Waals surface area (Å²) in [5, 5.41) is 10.8. The minimum Gasteiger partial charge on any atom is -0.391 e. The van der Waals surface area contributed by atoms with Crippen LogP contribution in [0.3, 0.4) is 0 Å². The molecule has 1 N–H and O–H groups in total. The van der Waals surface area contributed by atoms with Crippen molar-refractivity contribution in [1.29, 1.82) is 0 Å². The van der Waals surface area contributed by atoms with Crippen molar-refractivity contribution in [3.05, 3.63) is 34.6 Å². The third-order valence-electron chi connectivity index (χ3n) is 4.21. The molecule has 0 saturated carbocycles. The fourth-order valence-electron chi connectivity index (χ4n) is 3.07. The van der Waals surface area contributed by atoms with Gasteiger partial charge in [0.1, 0.15) is 5.82 Å². The lowest BCUT2D eigenvalue weighted by Crippen LogP contribution is -2.64. The van der Waals surface area contributed by atoms with Crippen LogP contribution >= 0.6 is 11.6 Å². The lowest BCUT2D eigenvalue weighted by atomic mass is 9.97. The molecule has 3 heterocycles. The summed E-state index contributed by atoms with van der Waals surface area (Å²) in [5.41, 5.74) is 0.813. The third-order valence-corrected chi connectivity index (χ3v) is 4.56. The molecule has 1 aromatic rings. The van der Waals surface area contributed by atoms with E-state index in [-0.39, 0.29) is 11.9 Å². The second-order valence-electron chi connectivity index (χ2n) is 5.41. The second kappa shape index (κ2) is 5.37. The second-order valence-corrected chi connectivity index (χ2v) is 5.82. The van der Waals surface area contributed by atoms with Gasteiger partial charge >= 0.3 is 0 Å². The standard InChI is InChI=1S/C14H18ClFN2O/c15-12-8-11(16)2-1-10(12)7-14(19)13-9-17-3-5-18(13)6-4-17/h1-2,8,13-14,19H,3-7,9H2. The Bertz CT molecular complexity index is 463. The monoisotopic (exact) mass is 284 g/mol. The molecule has 0 spiro atoms. The van der Waals surface area contributed by atoms with E-state index in [2.05, 4.69) is 9.80 Å². The zero-order valence-electron chi connectivity index (χ0n) is 10.7. The largest absolute Gasteiger partial charge is 0.391 e. The molecule has 0 aliphatic carbocycles. The van der Waals surface area contributed by atoms with Crippen molar-refractivity contribution in [1.82, 2.24) is 9.80 Å². The van der Waals surface area contributed by atoms with Gasteiger partial charge in [-0.25, -0.2) is 4.39 Å². The van der Waals surface area contributed by atoms with Crippen molar-refractivity contribution in [2.45, 2.75) is 18.6 Å². The summed E-state index contributed by atoms with van der Waals surface area (Å²) < 4.78 is 13.0. The fourth-order valence-corrected chi connectivity index (χ4v) is 3.32. The maximum Gasteiger partial charge on any atom is 0.124 e. The van der Waals surface area contributed by atoms with Crippen LogP contribution < -0.4 is 0 Å². The number of nitrogens with zero attached hydrogens (tertiary/aromatic N) is 2. The Morgan fingerprint density at radius 1 is 1.32 bits per heavy atom. The summed E-state index contributed by atoms with van der Waals surface area (Å²) in [6.45, 7) is 5.17. The summed E-state index contributed by atoms with van der Waals surface area (Å²) in [4.78, 5) is 4.74. The summed E-state index contributed by atoms with van der Waals surface area (Å²) in [6.07, 6.45) is 0.0276. The molecule has 3 aliphatic rings. The highest BCUT2D eigenvalue weighted by atomic mass is 35.5. The Kier molecular flexibility index (Phi) is 3.76. The first kappa shape index (κ1) is 13.3. The molecule has 3 nitrogen and oxygen atoms in total. The molecule has 3 aliphatic heterocycles. The molecule has 104 valence electrons. The van der Waals surface area contributed by atoms with Gasteiger partial charge in [0, 0.05) is 50.2 Å². The van der Waals surface area contributed by atoms with Crippen molar-refractivity contribution in [3.8, 4) is 0 Å². The maximum atomic E-state index is 13.0. The van der Waals surface area contributed by atoms with Gasteiger partial charge in [-0.05, 0) is 17.7 Å². The predicted molar refractivity (Wildman–Crippen MR) is 72.9 cm³/mol. The number of rotatable bonds is 3. The summed E-state index contributed by atoms with van der Waals surface area (Å²) >= 11 is 6.02. The van der Waals surface area contributed by atoms with Crippen LogP contribution in [-0.2, 0) is 6.42 Å². The van der Waals surface area contributed by atoms with Crippen LogP contribution in [0.25, 0.3) is 0 Å². The van der Waals surface area contributed by atoms with Crippen LogP contribution in [0, 0.1) is 5.82 Å². The summed E-state index contributed by atoms with van der Waals surface area (Å²) in [7, 11) is 0. The molecule has 3 saturated heterocycles. The molecule has 3 fully saturated rings. The van der Waals surface area contributed by atoms with Gasteiger partial charge in [0.25, 0.3) is 0 Å². The maximum absolute atomic E-state index is 13.0. The van der Waals surface area contributed by atoms with Crippen molar-refractivity contribution < 1.29 is 9.50 Å². The van der Waals surface area contributed by atoms with Gasteiger partial charge < -0.3 is 5.11 Å². The van der Waals surface area contributed by atoms with E-state index in [4.69, 9.17) is 11.6 Å². The molecule has 0 aromatic heterocycles. The van der Waals surface area contributed by atoms with E-state index >= 15 is 0 Å². The number of aliphatic hydroxyl groups is 1. The number of aliphatic hydroxyl groups excluding tert-OH is 1. The Labute approximate surface area is 117 Å². The topological polar surface area (TPSA) is 26.7 Å². The first-order chi connectivity index (χ1) is 9.13. The zero-order chi connectivity index (χ0) is 13.4. The molecular formula is C14H18ClFN2O. The van der Waals surface area contributed by atoms with Crippen LogP contribution in [0.5, 0.6) is 0 Å². The Morgan fingerprint density at radius 3 is 2.63 bits per heavy atom. The highest BCUT2D eigenvalue weighted by molar-refractivity contribution is 6.31. The molecule has 2 unspecified atom stereocenters. The zero-order valence-corrected chi connectivity index (χ0v) is 11.5. The molecular weight excluding hydrogens is 267 g/mol. The molecule has 0 amide bonds. The van der Waals surface area contributed by atoms with E-state index < -0.39 is 6.10 Å². The van der Waals surface area contributed by atoms with Crippen molar-refractivity contribution in [3.63, 3.8) is 0 Å². The van der Waals surface area contributed by atoms with Crippen LogP contribution in [0.2, 0.25) is 5.02 Å². The molecule has 2 bridgehead atoms. The van der Waals surface area contributed by atoms with Crippen LogP contribution in [0.4, 0.5) is 4.39 Å². The van der Waals surface area contributed by atoms with E-state index in [1.54, 1.807) is 6.07 Å². The predicted octanol–water partition coefficient (Wildman–Crippen LogP) is 1.38. The first-order valence-electron chi connectivity index (χ1n) is 6.72. The smallest absolute Gasteiger partial charge is 0.124 e. The molecule has 4 rings (SSSR count). The normalized spacial score (nSPS) is 31.4. The number of piperazine rings is 3. The van der Waals surface area contributed by atoms with E-state index in [0.29, 0.717) is 11.4 Å². The minimum absolute atomic E-state index is 0.170. The van der Waals surface area contributed by atoms with Gasteiger partial charge in [-0.2, -0.15) is 0 Å². The van der Waals surface area contributed by atoms with Gasteiger partial charge in [-0.1, -0.05) is 17.7 Å². The summed E-state index contributed by atoms with van der Waals surface area (Å²) in [6, 6.07) is 4.53. The number of benzene rings is 1.